The number of nitrogens with one attached hydrogen (secondary N) is 1. The monoisotopic (exact) mass is 319 g/mol. The molecule has 0 fully saturated rings. The van der Waals surface area contributed by atoms with Gasteiger partial charge in [-0.15, -0.1) is 0 Å². The van der Waals surface area contributed by atoms with Crippen molar-refractivity contribution in [2.75, 3.05) is 5.32 Å². The number of phenolic OH excluding ortho intramolecular Hbond substituents is 2. The van der Waals surface area contributed by atoms with E-state index < -0.39 is 5.75 Å². The first-order valence-corrected chi connectivity index (χ1v) is 7.59. The Morgan fingerprint density at radius 3 is 2.08 bits per heavy atom. The van der Waals surface area contributed by atoms with E-state index in [9.17, 15) is 15.0 Å². The lowest BCUT2D eigenvalue weighted by Crippen LogP contribution is -2.04. The molecule has 0 aliphatic heterocycles. The quantitative estimate of drug-likeness (QED) is 0.492. The van der Waals surface area contributed by atoms with E-state index in [1.807, 2.05) is 36.4 Å². The van der Waals surface area contributed by atoms with Gasteiger partial charge in [-0.25, -0.2) is 0 Å². The molecule has 0 aromatic heterocycles. The number of carbonyl (C=O) groups is 1. The molecule has 4 nitrogen and oxygen atoms in total. The van der Waals surface area contributed by atoms with Crippen molar-refractivity contribution in [3.63, 3.8) is 0 Å². The second-order valence-corrected chi connectivity index (χ2v) is 5.39. The highest BCUT2D eigenvalue weighted by Crippen LogP contribution is 2.37. The van der Waals surface area contributed by atoms with Gasteiger partial charge in [0.15, 0.2) is 17.3 Å². The Morgan fingerprint density at radius 2 is 1.42 bits per heavy atom. The van der Waals surface area contributed by atoms with Crippen LogP contribution in [0, 0.1) is 0 Å². The number of benzene rings is 3. The third-order valence-corrected chi connectivity index (χ3v) is 3.76. The maximum Gasteiger partial charge on any atom is 0.196 e. The van der Waals surface area contributed by atoms with Gasteiger partial charge in [-0.05, 0) is 17.7 Å². The van der Waals surface area contributed by atoms with Crippen molar-refractivity contribution in [1.29, 1.82) is 0 Å². The second-order valence-electron chi connectivity index (χ2n) is 5.39. The van der Waals surface area contributed by atoms with E-state index in [1.54, 1.807) is 30.3 Å². The maximum absolute atomic E-state index is 12.4. The molecule has 0 amide bonds. The number of hydrogen-bond acceptors (Lipinski definition) is 4. The lowest BCUT2D eigenvalue weighted by Gasteiger charge is -2.12. The van der Waals surface area contributed by atoms with Gasteiger partial charge in [0.2, 0.25) is 0 Å². The van der Waals surface area contributed by atoms with Crippen LogP contribution in [0.1, 0.15) is 21.5 Å². The van der Waals surface area contributed by atoms with Gasteiger partial charge in [0.05, 0.1) is 11.3 Å². The largest absolute Gasteiger partial charge is 0.504 e. The van der Waals surface area contributed by atoms with Gasteiger partial charge in [0.25, 0.3) is 0 Å². The predicted molar refractivity (Wildman–Crippen MR) is 93.4 cm³/mol. The molecule has 24 heavy (non-hydrogen) atoms. The van der Waals surface area contributed by atoms with Crippen LogP contribution >= 0.6 is 0 Å². The van der Waals surface area contributed by atoms with E-state index in [4.69, 9.17) is 0 Å². The number of anilines is 1. The normalized spacial score (nSPS) is 10.3. The fraction of sp³-hybridized carbons (Fsp3) is 0.0500. The van der Waals surface area contributed by atoms with Crippen molar-refractivity contribution in [3.8, 4) is 11.5 Å². The number of phenols is 2. The summed E-state index contributed by atoms with van der Waals surface area (Å²) in [6, 6.07) is 21.4. The average Bonchev–Trinajstić information content (AvgIpc) is 2.64. The highest BCUT2D eigenvalue weighted by Gasteiger charge is 2.18. The van der Waals surface area contributed by atoms with Crippen molar-refractivity contribution in [2.45, 2.75) is 6.54 Å². The standard InChI is InChI=1S/C20H17NO3/c22-18(15-9-5-2-6-10-15)16-11-12-17(20(24)19(16)23)21-13-14-7-3-1-4-8-14/h1-12,21,23-24H,13H2. The molecule has 3 rings (SSSR count). The Morgan fingerprint density at radius 1 is 0.792 bits per heavy atom. The van der Waals surface area contributed by atoms with E-state index in [0.717, 1.165) is 5.56 Å². The first kappa shape index (κ1) is 15.6. The molecule has 0 atom stereocenters. The predicted octanol–water partition coefficient (Wildman–Crippen LogP) is 3.94. The van der Waals surface area contributed by atoms with Crippen LogP contribution in [0.3, 0.4) is 0 Å². The second kappa shape index (κ2) is 6.87. The molecule has 0 spiro atoms. The average molecular weight is 319 g/mol. The Bertz CT molecular complexity index is 846. The molecule has 0 saturated heterocycles. The van der Waals surface area contributed by atoms with E-state index in [-0.39, 0.29) is 17.1 Å². The summed E-state index contributed by atoms with van der Waals surface area (Å²) in [5.74, 6) is -1.08. The van der Waals surface area contributed by atoms with Crippen LogP contribution in [-0.2, 0) is 6.54 Å². The number of aromatic hydroxyl groups is 2. The van der Waals surface area contributed by atoms with Gasteiger partial charge >= 0.3 is 0 Å². The third kappa shape index (κ3) is 3.22. The summed E-state index contributed by atoms with van der Waals surface area (Å²) in [5.41, 5.74) is 1.95. The van der Waals surface area contributed by atoms with Crippen molar-refractivity contribution in [1.82, 2.24) is 0 Å². The van der Waals surface area contributed by atoms with Crippen LogP contribution in [0.5, 0.6) is 11.5 Å². The van der Waals surface area contributed by atoms with E-state index >= 15 is 0 Å². The lowest BCUT2D eigenvalue weighted by molar-refractivity contribution is 0.103. The molecule has 120 valence electrons. The molecular formula is C20H17NO3. The summed E-state index contributed by atoms with van der Waals surface area (Å²) >= 11 is 0. The van der Waals surface area contributed by atoms with E-state index in [1.165, 1.54) is 6.07 Å². The van der Waals surface area contributed by atoms with E-state index in [2.05, 4.69) is 5.32 Å². The smallest absolute Gasteiger partial charge is 0.196 e. The summed E-state index contributed by atoms with van der Waals surface area (Å²) in [7, 11) is 0. The topological polar surface area (TPSA) is 69.6 Å². The minimum atomic E-state index is -0.415. The van der Waals surface area contributed by atoms with Crippen molar-refractivity contribution < 1.29 is 15.0 Å². The summed E-state index contributed by atoms with van der Waals surface area (Å²) in [6.07, 6.45) is 0. The minimum absolute atomic E-state index is 0.0731. The molecule has 3 aromatic carbocycles. The number of rotatable bonds is 5. The summed E-state index contributed by atoms with van der Waals surface area (Å²) in [5, 5.41) is 23.4. The summed E-state index contributed by atoms with van der Waals surface area (Å²) < 4.78 is 0. The lowest BCUT2D eigenvalue weighted by atomic mass is 10.0. The summed E-state index contributed by atoms with van der Waals surface area (Å²) in [6.45, 7) is 0.500. The Balaban J connectivity index is 1.82. The molecule has 3 N–H and O–H groups in total. The molecule has 4 heteroatoms. The molecule has 0 aliphatic rings. The summed E-state index contributed by atoms with van der Waals surface area (Å²) in [4.78, 5) is 12.4. The molecule has 0 bridgehead atoms. The molecule has 0 saturated carbocycles. The fourth-order valence-corrected chi connectivity index (χ4v) is 2.44. The van der Waals surface area contributed by atoms with Crippen LogP contribution in [0.25, 0.3) is 0 Å². The highest BCUT2D eigenvalue weighted by atomic mass is 16.3. The van der Waals surface area contributed by atoms with Crippen molar-refractivity contribution >= 4 is 11.5 Å². The fourth-order valence-electron chi connectivity index (χ4n) is 2.44. The van der Waals surface area contributed by atoms with Crippen LogP contribution in [0.15, 0.2) is 72.8 Å². The van der Waals surface area contributed by atoms with Crippen molar-refractivity contribution in [2.24, 2.45) is 0 Å². The van der Waals surface area contributed by atoms with Gasteiger partial charge in [-0.3, -0.25) is 4.79 Å². The number of carbonyl (C=O) groups excluding carboxylic acids is 1. The molecule has 0 radical (unpaired) electrons. The van der Waals surface area contributed by atoms with Crippen LogP contribution in [0.4, 0.5) is 5.69 Å². The third-order valence-electron chi connectivity index (χ3n) is 3.76. The van der Waals surface area contributed by atoms with Gasteiger partial charge in [-0.2, -0.15) is 0 Å². The zero-order chi connectivity index (χ0) is 16.9. The Kier molecular flexibility index (Phi) is 4.47. The van der Waals surface area contributed by atoms with Gasteiger partial charge in [0.1, 0.15) is 0 Å². The maximum atomic E-state index is 12.4. The molecular weight excluding hydrogens is 302 g/mol. The molecule has 0 aliphatic carbocycles. The van der Waals surface area contributed by atoms with E-state index in [0.29, 0.717) is 17.8 Å². The first-order chi connectivity index (χ1) is 11.7. The van der Waals surface area contributed by atoms with Crippen LogP contribution < -0.4 is 5.32 Å². The minimum Gasteiger partial charge on any atom is -0.504 e. The first-order valence-electron chi connectivity index (χ1n) is 7.59. The van der Waals surface area contributed by atoms with Crippen LogP contribution in [-0.4, -0.2) is 16.0 Å². The highest BCUT2D eigenvalue weighted by molar-refractivity contribution is 6.11. The number of hydrogen-bond donors (Lipinski definition) is 3. The van der Waals surface area contributed by atoms with Gasteiger partial charge < -0.3 is 15.5 Å². The molecule has 0 heterocycles. The zero-order valence-corrected chi connectivity index (χ0v) is 12.9. The SMILES string of the molecule is O=C(c1ccccc1)c1ccc(NCc2ccccc2)c(O)c1O. The van der Waals surface area contributed by atoms with Gasteiger partial charge in [-0.1, -0.05) is 60.7 Å². The van der Waals surface area contributed by atoms with Crippen molar-refractivity contribution in [3.05, 3.63) is 89.5 Å². The van der Waals surface area contributed by atoms with Gasteiger partial charge in [0, 0.05) is 12.1 Å². The molecule has 3 aromatic rings. The van der Waals surface area contributed by atoms with Crippen LogP contribution in [0.2, 0.25) is 0 Å². The Hall–Kier alpha value is -3.27. The molecule has 0 unspecified atom stereocenters. The number of ketones is 1. The zero-order valence-electron chi connectivity index (χ0n) is 12.9. The Labute approximate surface area is 140 Å².